The Kier molecular flexibility index (Phi) is 4.00. The van der Waals surface area contributed by atoms with E-state index >= 15 is 0 Å². The van der Waals surface area contributed by atoms with Crippen molar-refractivity contribution in [1.82, 2.24) is 9.55 Å². The summed E-state index contributed by atoms with van der Waals surface area (Å²) in [5.74, 6) is -1.64. The molecule has 0 unspecified atom stereocenters. The summed E-state index contributed by atoms with van der Waals surface area (Å²) in [5.41, 5.74) is -3.37. The third-order valence-corrected chi connectivity index (χ3v) is 3.90. The molecule has 0 saturated heterocycles. The van der Waals surface area contributed by atoms with Crippen LogP contribution in [0.3, 0.4) is 0 Å². The Morgan fingerprint density at radius 1 is 1.16 bits per heavy atom. The largest absolute Gasteiger partial charge is 0.477 e. The van der Waals surface area contributed by atoms with E-state index in [-0.39, 0.29) is 11.0 Å². The van der Waals surface area contributed by atoms with E-state index in [0.29, 0.717) is 0 Å². The van der Waals surface area contributed by atoms with Crippen molar-refractivity contribution in [1.29, 1.82) is 0 Å². The molecule has 0 aliphatic rings. The van der Waals surface area contributed by atoms with Crippen LogP contribution in [-0.4, -0.2) is 20.6 Å². The van der Waals surface area contributed by atoms with Crippen LogP contribution >= 0.6 is 11.6 Å². The molecule has 1 N–H and O–H groups in total. The lowest BCUT2D eigenvalue weighted by atomic mass is 10.1. The molecule has 3 rings (SSSR count). The van der Waals surface area contributed by atoms with Crippen LogP contribution in [0.25, 0.3) is 16.7 Å². The molecule has 25 heavy (non-hydrogen) atoms. The lowest BCUT2D eigenvalue weighted by molar-refractivity contribution is -0.137. The average Bonchev–Trinajstić information content (AvgIpc) is 2.54. The molecule has 3 aromatic rings. The quantitative estimate of drug-likeness (QED) is 0.699. The number of aromatic nitrogens is 2. The highest BCUT2D eigenvalue weighted by atomic mass is 35.5. The molecule has 0 atom stereocenters. The topological polar surface area (TPSA) is 72.2 Å². The van der Waals surface area contributed by atoms with Gasteiger partial charge in [0.05, 0.1) is 16.6 Å². The minimum Gasteiger partial charge on any atom is -0.477 e. The smallest absolute Gasteiger partial charge is 0.418 e. The number of carbonyl (C=O) groups is 1. The molecule has 9 heteroatoms. The summed E-state index contributed by atoms with van der Waals surface area (Å²) in [6.07, 6.45) is -3.45. The minimum atomic E-state index is -4.71. The van der Waals surface area contributed by atoms with Gasteiger partial charge in [-0.15, -0.1) is 0 Å². The van der Waals surface area contributed by atoms with Gasteiger partial charge >= 0.3 is 12.1 Å². The molecule has 0 fully saturated rings. The predicted molar refractivity (Wildman–Crippen MR) is 84.3 cm³/mol. The summed E-state index contributed by atoms with van der Waals surface area (Å²) in [6.45, 7) is 0. The third kappa shape index (κ3) is 2.74. The first-order valence-corrected chi connectivity index (χ1v) is 7.20. The van der Waals surface area contributed by atoms with Crippen LogP contribution in [0.15, 0.2) is 47.4 Å². The molecule has 0 spiro atoms. The Morgan fingerprint density at radius 3 is 2.48 bits per heavy atom. The van der Waals surface area contributed by atoms with E-state index in [1.54, 1.807) is 0 Å². The minimum absolute atomic E-state index is 0.152. The fraction of sp³-hybridized carbons (Fsp3) is 0.0625. The molecular formula is C16H8ClF3N2O3. The summed E-state index contributed by atoms with van der Waals surface area (Å²) < 4.78 is 40.9. The number of halogens is 4. The SMILES string of the molecule is O=C(O)c1c(Cl)n(-c2ccccc2C(F)(F)F)c2ncccc2c1=O. The number of fused-ring (bicyclic) bond motifs is 1. The molecular weight excluding hydrogens is 361 g/mol. The number of aromatic carboxylic acids is 1. The van der Waals surface area contributed by atoms with E-state index in [1.807, 2.05) is 0 Å². The number of hydrogen-bond donors (Lipinski definition) is 1. The maximum atomic E-state index is 13.3. The Balaban J connectivity index is 2.55. The molecule has 0 radical (unpaired) electrons. The van der Waals surface area contributed by atoms with Crippen LogP contribution in [-0.2, 0) is 6.18 Å². The second-order valence-electron chi connectivity index (χ2n) is 5.02. The molecule has 0 aliphatic heterocycles. The van der Waals surface area contributed by atoms with Crippen molar-refractivity contribution in [3.8, 4) is 5.69 Å². The Labute approximate surface area is 142 Å². The highest BCUT2D eigenvalue weighted by Gasteiger charge is 2.35. The molecule has 0 bridgehead atoms. The van der Waals surface area contributed by atoms with Crippen LogP contribution in [0.4, 0.5) is 13.2 Å². The van der Waals surface area contributed by atoms with Crippen LogP contribution in [0.2, 0.25) is 5.15 Å². The van der Waals surface area contributed by atoms with Gasteiger partial charge in [0, 0.05) is 6.20 Å². The lowest BCUT2D eigenvalue weighted by Gasteiger charge is -2.18. The van der Waals surface area contributed by atoms with E-state index < -0.39 is 39.5 Å². The predicted octanol–water partition coefficient (Wildman–Crippen LogP) is 3.76. The first kappa shape index (κ1) is 17.0. The first-order valence-electron chi connectivity index (χ1n) is 6.82. The maximum absolute atomic E-state index is 13.3. The van der Waals surface area contributed by atoms with E-state index in [4.69, 9.17) is 11.6 Å². The van der Waals surface area contributed by atoms with Crippen molar-refractivity contribution in [3.63, 3.8) is 0 Å². The zero-order chi connectivity index (χ0) is 18.4. The molecule has 0 amide bonds. The van der Waals surface area contributed by atoms with Crippen molar-refractivity contribution in [2.24, 2.45) is 0 Å². The summed E-state index contributed by atoms with van der Waals surface area (Å²) in [6, 6.07) is 7.14. The second-order valence-corrected chi connectivity index (χ2v) is 5.38. The van der Waals surface area contributed by atoms with Crippen molar-refractivity contribution in [3.05, 3.63) is 69.1 Å². The van der Waals surface area contributed by atoms with Crippen LogP contribution < -0.4 is 5.43 Å². The van der Waals surface area contributed by atoms with Gasteiger partial charge in [-0.1, -0.05) is 23.7 Å². The van der Waals surface area contributed by atoms with Crippen molar-refractivity contribution >= 4 is 28.6 Å². The first-order chi connectivity index (χ1) is 11.7. The van der Waals surface area contributed by atoms with Gasteiger partial charge in [0.15, 0.2) is 0 Å². The molecule has 0 saturated carbocycles. The molecule has 0 aliphatic carbocycles. The number of rotatable bonds is 2. The molecule has 128 valence electrons. The van der Waals surface area contributed by atoms with E-state index in [0.717, 1.165) is 16.7 Å². The number of para-hydroxylation sites is 1. The monoisotopic (exact) mass is 368 g/mol. The summed E-state index contributed by atoms with van der Waals surface area (Å²) in [4.78, 5) is 27.6. The second kappa shape index (κ2) is 5.89. The molecule has 1 aromatic carbocycles. The average molecular weight is 369 g/mol. The Bertz CT molecular complexity index is 1060. The van der Waals surface area contributed by atoms with Gasteiger partial charge in [-0.2, -0.15) is 13.2 Å². The number of nitrogens with zero attached hydrogens (tertiary/aromatic N) is 2. The van der Waals surface area contributed by atoms with Crippen LogP contribution in [0.1, 0.15) is 15.9 Å². The standard InChI is InChI=1S/C16H8ClF3N2O3/c17-13-11(15(24)25)12(23)8-4-3-7-21-14(8)22(13)10-6-2-1-5-9(10)16(18,19)20/h1-7H,(H,24,25). The Hall–Kier alpha value is -2.87. The lowest BCUT2D eigenvalue weighted by Crippen LogP contribution is -2.22. The molecule has 2 aromatic heterocycles. The highest BCUT2D eigenvalue weighted by Crippen LogP contribution is 2.36. The number of carboxylic acids is 1. The van der Waals surface area contributed by atoms with Crippen LogP contribution in [0.5, 0.6) is 0 Å². The Morgan fingerprint density at radius 2 is 1.84 bits per heavy atom. The fourth-order valence-electron chi connectivity index (χ4n) is 2.50. The van der Waals surface area contributed by atoms with E-state index in [1.165, 1.54) is 30.5 Å². The number of alkyl halides is 3. The normalized spacial score (nSPS) is 11.7. The van der Waals surface area contributed by atoms with Crippen molar-refractivity contribution in [2.45, 2.75) is 6.18 Å². The zero-order valence-electron chi connectivity index (χ0n) is 12.2. The summed E-state index contributed by atoms with van der Waals surface area (Å²) >= 11 is 6.02. The highest BCUT2D eigenvalue weighted by molar-refractivity contribution is 6.33. The van der Waals surface area contributed by atoms with E-state index in [9.17, 15) is 27.9 Å². The van der Waals surface area contributed by atoms with Gasteiger partial charge in [-0.3, -0.25) is 9.36 Å². The number of carboxylic acid groups (broad SMARTS) is 1. The van der Waals surface area contributed by atoms with Gasteiger partial charge < -0.3 is 5.11 Å². The van der Waals surface area contributed by atoms with Gasteiger partial charge in [-0.05, 0) is 24.3 Å². The number of benzene rings is 1. The van der Waals surface area contributed by atoms with Gasteiger partial charge in [-0.25, -0.2) is 9.78 Å². The van der Waals surface area contributed by atoms with Gasteiger partial charge in [0.1, 0.15) is 16.4 Å². The molecule has 2 heterocycles. The number of pyridine rings is 2. The van der Waals surface area contributed by atoms with Gasteiger partial charge in [0.25, 0.3) is 0 Å². The van der Waals surface area contributed by atoms with Crippen molar-refractivity contribution in [2.75, 3.05) is 0 Å². The summed E-state index contributed by atoms with van der Waals surface area (Å²) in [5, 5.41) is 8.46. The number of hydrogen-bond acceptors (Lipinski definition) is 3. The van der Waals surface area contributed by atoms with E-state index in [2.05, 4.69) is 4.98 Å². The fourth-order valence-corrected chi connectivity index (χ4v) is 2.84. The molecule has 5 nitrogen and oxygen atoms in total. The zero-order valence-corrected chi connectivity index (χ0v) is 13.0. The van der Waals surface area contributed by atoms with Gasteiger partial charge in [0.2, 0.25) is 5.43 Å². The third-order valence-electron chi connectivity index (χ3n) is 3.54. The maximum Gasteiger partial charge on any atom is 0.418 e. The van der Waals surface area contributed by atoms with Crippen molar-refractivity contribution < 1.29 is 23.1 Å². The van der Waals surface area contributed by atoms with Crippen LogP contribution in [0, 0.1) is 0 Å². The summed E-state index contributed by atoms with van der Waals surface area (Å²) in [7, 11) is 0.